The zero-order valence-corrected chi connectivity index (χ0v) is 12.1. The molecule has 106 valence electrons. The molecule has 0 amide bonds. The molecule has 0 saturated heterocycles. The van der Waals surface area contributed by atoms with E-state index in [1.807, 2.05) is 12.5 Å². The molecular formula is C16H27N3. The van der Waals surface area contributed by atoms with Crippen molar-refractivity contribution in [3.05, 3.63) is 18.7 Å². The minimum absolute atomic E-state index is 0.631. The SMILES string of the molecule is CCC1CCC(NC2CCCC2n2ccnc2)CC1. The first-order valence-electron chi connectivity index (χ1n) is 8.10. The molecule has 3 nitrogen and oxygen atoms in total. The molecule has 2 saturated carbocycles. The number of imidazole rings is 1. The van der Waals surface area contributed by atoms with Gasteiger partial charge in [-0.1, -0.05) is 13.3 Å². The lowest BCUT2D eigenvalue weighted by Gasteiger charge is -2.33. The van der Waals surface area contributed by atoms with Crippen LogP contribution in [0.2, 0.25) is 0 Å². The van der Waals surface area contributed by atoms with Crippen LogP contribution in [-0.4, -0.2) is 21.6 Å². The van der Waals surface area contributed by atoms with Gasteiger partial charge in [0.15, 0.2) is 0 Å². The molecular weight excluding hydrogens is 234 g/mol. The molecule has 1 N–H and O–H groups in total. The van der Waals surface area contributed by atoms with Gasteiger partial charge >= 0.3 is 0 Å². The monoisotopic (exact) mass is 261 g/mol. The molecule has 2 aliphatic carbocycles. The summed E-state index contributed by atoms with van der Waals surface area (Å²) in [5.74, 6) is 0.992. The summed E-state index contributed by atoms with van der Waals surface area (Å²) in [5, 5.41) is 3.95. The fraction of sp³-hybridized carbons (Fsp3) is 0.812. The Kier molecular flexibility index (Phi) is 4.21. The highest BCUT2D eigenvalue weighted by Gasteiger charge is 2.31. The summed E-state index contributed by atoms with van der Waals surface area (Å²) in [5.41, 5.74) is 0. The van der Waals surface area contributed by atoms with Crippen molar-refractivity contribution < 1.29 is 0 Å². The van der Waals surface area contributed by atoms with Gasteiger partial charge in [-0.05, 0) is 50.9 Å². The Balaban J connectivity index is 1.55. The van der Waals surface area contributed by atoms with Crippen molar-refractivity contribution in [1.82, 2.24) is 14.9 Å². The van der Waals surface area contributed by atoms with Crippen molar-refractivity contribution in [3.8, 4) is 0 Å². The van der Waals surface area contributed by atoms with E-state index in [1.54, 1.807) is 0 Å². The molecule has 0 aromatic carbocycles. The number of hydrogen-bond donors (Lipinski definition) is 1. The second-order valence-corrected chi connectivity index (χ2v) is 6.41. The Morgan fingerprint density at radius 2 is 2.00 bits per heavy atom. The van der Waals surface area contributed by atoms with Crippen molar-refractivity contribution in [2.75, 3.05) is 0 Å². The molecule has 0 spiro atoms. The van der Waals surface area contributed by atoms with Crippen LogP contribution in [0.1, 0.15) is 64.3 Å². The van der Waals surface area contributed by atoms with Gasteiger partial charge in [0.05, 0.1) is 6.33 Å². The van der Waals surface area contributed by atoms with Crippen LogP contribution in [0.15, 0.2) is 18.7 Å². The van der Waals surface area contributed by atoms with E-state index in [0.29, 0.717) is 12.1 Å². The van der Waals surface area contributed by atoms with Crippen LogP contribution in [0.5, 0.6) is 0 Å². The first-order valence-corrected chi connectivity index (χ1v) is 8.10. The molecule has 2 atom stereocenters. The first-order chi connectivity index (χ1) is 9.36. The molecule has 2 fully saturated rings. The smallest absolute Gasteiger partial charge is 0.0949 e. The maximum absolute atomic E-state index is 4.20. The Labute approximate surface area is 116 Å². The minimum atomic E-state index is 0.631. The lowest BCUT2D eigenvalue weighted by Crippen LogP contribution is -2.42. The summed E-state index contributed by atoms with van der Waals surface area (Å²) in [7, 11) is 0. The van der Waals surface area contributed by atoms with Crippen LogP contribution in [-0.2, 0) is 0 Å². The third kappa shape index (κ3) is 3.02. The Morgan fingerprint density at radius 3 is 2.68 bits per heavy atom. The lowest BCUT2D eigenvalue weighted by atomic mass is 9.84. The highest BCUT2D eigenvalue weighted by molar-refractivity contribution is 4.93. The molecule has 2 aliphatic rings. The molecule has 1 aromatic rings. The summed E-state index contributed by atoms with van der Waals surface area (Å²) in [6.45, 7) is 2.34. The van der Waals surface area contributed by atoms with E-state index in [2.05, 4.69) is 28.0 Å². The fourth-order valence-corrected chi connectivity index (χ4v) is 4.00. The number of nitrogens with zero attached hydrogens (tertiary/aromatic N) is 2. The van der Waals surface area contributed by atoms with Crippen molar-refractivity contribution in [3.63, 3.8) is 0 Å². The summed E-state index contributed by atoms with van der Waals surface area (Å²) in [6.07, 6.45) is 17.0. The normalized spacial score (nSPS) is 35.6. The van der Waals surface area contributed by atoms with E-state index >= 15 is 0 Å². The Bertz CT molecular complexity index is 365. The molecule has 19 heavy (non-hydrogen) atoms. The lowest BCUT2D eigenvalue weighted by molar-refractivity contribution is 0.252. The summed E-state index contributed by atoms with van der Waals surface area (Å²) in [6, 6.07) is 2.06. The van der Waals surface area contributed by atoms with E-state index in [9.17, 15) is 0 Å². The fourth-order valence-electron chi connectivity index (χ4n) is 4.00. The van der Waals surface area contributed by atoms with Crippen LogP contribution in [0.25, 0.3) is 0 Å². The van der Waals surface area contributed by atoms with E-state index in [0.717, 1.165) is 12.0 Å². The van der Waals surface area contributed by atoms with Crippen LogP contribution in [0.3, 0.4) is 0 Å². The second-order valence-electron chi connectivity index (χ2n) is 6.41. The standard InChI is InChI=1S/C16H27N3/c1-2-13-6-8-14(9-7-13)18-15-4-3-5-16(15)19-11-10-17-12-19/h10-16,18H,2-9H2,1H3. The number of rotatable bonds is 4. The molecule has 0 aliphatic heterocycles. The van der Waals surface area contributed by atoms with Crippen molar-refractivity contribution in [1.29, 1.82) is 0 Å². The number of aromatic nitrogens is 2. The van der Waals surface area contributed by atoms with Gasteiger partial charge in [-0.2, -0.15) is 0 Å². The van der Waals surface area contributed by atoms with Gasteiger partial charge in [0.25, 0.3) is 0 Å². The molecule has 1 aromatic heterocycles. The van der Waals surface area contributed by atoms with Gasteiger partial charge in [-0.3, -0.25) is 0 Å². The number of hydrogen-bond acceptors (Lipinski definition) is 2. The van der Waals surface area contributed by atoms with Gasteiger partial charge in [0, 0.05) is 30.5 Å². The highest BCUT2D eigenvalue weighted by atomic mass is 15.1. The average Bonchev–Trinajstić information content (AvgIpc) is 3.10. The van der Waals surface area contributed by atoms with Crippen molar-refractivity contribution in [2.45, 2.75) is 76.4 Å². The predicted octanol–water partition coefficient (Wildman–Crippen LogP) is 3.54. The second kappa shape index (κ2) is 6.08. The van der Waals surface area contributed by atoms with Gasteiger partial charge in [-0.25, -0.2) is 4.98 Å². The maximum atomic E-state index is 4.20. The Hall–Kier alpha value is -0.830. The van der Waals surface area contributed by atoms with Crippen LogP contribution in [0.4, 0.5) is 0 Å². The largest absolute Gasteiger partial charge is 0.333 e. The van der Waals surface area contributed by atoms with Gasteiger partial charge in [0.2, 0.25) is 0 Å². The van der Waals surface area contributed by atoms with Crippen LogP contribution in [0, 0.1) is 5.92 Å². The van der Waals surface area contributed by atoms with Gasteiger partial charge in [0.1, 0.15) is 0 Å². The molecule has 0 bridgehead atoms. The van der Waals surface area contributed by atoms with Crippen molar-refractivity contribution in [2.24, 2.45) is 5.92 Å². The molecule has 3 heteroatoms. The van der Waals surface area contributed by atoms with Gasteiger partial charge < -0.3 is 9.88 Å². The van der Waals surface area contributed by atoms with Crippen LogP contribution < -0.4 is 5.32 Å². The quantitative estimate of drug-likeness (QED) is 0.898. The van der Waals surface area contributed by atoms with Crippen LogP contribution >= 0.6 is 0 Å². The summed E-state index contributed by atoms with van der Waals surface area (Å²) < 4.78 is 2.31. The summed E-state index contributed by atoms with van der Waals surface area (Å²) in [4.78, 5) is 4.20. The zero-order valence-electron chi connectivity index (χ0n) is 12.1. The third-order valence-corrected chi connectivity index (χ3v) is 5.26. The molecule has 0 radical (unpaired) electrons. The van der Waals surface area contributed by atoms with E-state index in [4.69, 9.17) is 0 Å². The first kappa shape index (κ1) is 13.2. The molecule has 1 heterocycles. The maximum Gasteiger partial charge on any atom is 0.0949 e. The van der Waals surface area contributed by atoms with Crippen molar-refractivity contribution >= 4 is 0 Å². The minimum Gasteiger partial charge on any atom is -0.333 e. The average molecular weight is 261 g/mol. The van der Waals surface area contributed by atoms with E-state index in [-0.39, 0.29) is 0 Å². The van der Waals surface area contributed by atoms with E-state index in [1.165, 1.54) is 51.4 Å². The summed E-state index contributed by atoms with van der Waals surface area (Å²) >= 11 is 0. The van der Waals surface area contributed by atoms with Gasteiger partial charge in [-0.15, -0.1) is 0 Å². The molecule has 3 rings (SSSR count). The third-order valence-electron chi connectivity index (χ3n) is 5.26. The van der Waals surface area contributed by atoms with E-state index < -0.39 is 0 Å². The topological polar surface area (TPSA) is 29.9 Å². The Morgan fingerprint density at radius 1 is 1.16 bits per heavy atom. The number of nitrogens with one attached hydrogen (secondary N) is 1. The highest BCUT2D eigenvalue weighted by Crippen LogP contribution is 2.33. The zero-order chi connectivity index (χ0) is 13.1. The predicted molar refractivity (Wildman–Crippen MR) is 78.1 cm³/mol. The molecule has 2 unspecified atom stereocenters.